The molecule has 0 bridgehead atoms. The molecule has 0 spiro atoms. The molecule has 0 radical (unpaired) electrons. The lowest BCUT2D eigenvalue weighted by molar-refractivity contribution is -0.140. The lowest BCUT2D eigenvalue weighted by Crippen LogP contribution is -2.29. The number of aliphatic hydroxyl groups excluding tert-OH is 1. The number of likely N-dealkylation sites (tertiary alicyclic amines) is 1. The van der Waals surface area contributed by atoms with Gasteiger partial charge in [-0.15, -0.1) is 0 Å². The minimum absolute atomic E-state index is 0.127. The predicted molar refractivity (Wildman–Crippen MR) is 124 cm³/mol. The van der Waals surface area contributed by atoms with Crippen molar-refractivity contribution in [2.24, 2.45) is 0 Å². The molecule has 1 N–H and O–H groups in total. The van der Waals surface area contributed by atoms with Gasteiger partial charge in [0.15, 0.2) is 0 Å². The summed E-state index contributed by atoms with van der Waals surface area (Å²) in [5, 5.41) is 11.3. The molecule has 5 nitrogen and oxygen atoms in total. The molecular weight excluding hydrogens is 400 g/mol. The van der Waals surface area contributed by atoms with Crippen LogP contribution in [0.1, 0.15) is 46.3 Å². The van der Waals surface area contributed by atoms with Crippen molar-refractivity contribution < 1.29 is 14.7 Å². The molecule has 1 aliphatic heterocycles. The Kier molecular flexibility index (Phi) is 5.91. The summed E-state index contributed by atoms with van der Waals surface area (Å²) in [6.45, 7) is 6.13. The Morgan fingerprint density at radius 2 is 1.66 bits per heavy atom. The van der Waals surface area contributed by atoms with Crippen LogP contribution in [0, 0.1) is 13.8 Å². The Morgan fingerprint density at radius 3 is 2.31 bits per heavy atom. The van der Waals surface area contributed by atoms with Crippen LogP contribution in [-0.4, -0.2) is 26.7 Å². The molecule has 1 unspecified atom stereocenters. The number of benzene rings is 2. The van der Waals surface area contributed by atoms with Gasteiger partial charge in [-0.3, -0.25) is 14.6 Å². The molecule has 0 saturated carbocycles. The Labute approximate surface area is 188 Å². The molecule has 2 heterocycles. The molecule has 32 heavy (non-hydrogen) atoms. The van der Waals surface area contributed by atoms with Gasteiger partial charge in [0.2, 0.25) is 0 Å². The third-order valence-corrected chi connectivity index (χ3v) is 5.99. The lowest BCUT2D eigenvalue weighted by atomic mass is 9.92. The smallest absolute Gasteiger partial charge is 0.295 e. The molecule has 0 aliphatic carbocycles. The van der Waals surface area contributed by atoms with Crippen LogP contribution >= 0.6 is 0 Å². The molecule has 1 aromatic heterocycles. The van der Waals surface area contributed by atoms with E-state index in [0.717, 1.165) is 34.2 Å². The van der Waals surface area contributed by atoms with Crippen molar-refractivity contribution in [2.75, 3.05) is 0 Å². The van der Waals surface area contributed by atoms with Crippen molar-refractivity contribution in [1.82, 2.24) is 9.88 Å². The minimum Gasteiger partial charge on any atom is -0.507 e. The molecule has 1 aliphatic rings. The van der Waals surface area contributed by atoms with Crippen LogP contribution in [0.5, 0.6) is 0 Å². The number of carbonyl (C=O) groups is 2. The maximum atomic E-state index is 13.2. The summed E-state index contributed by atoms with van der Waals surface area (Å²) in [7, 11) is 0. The first kappa shape index (κ1) is 21.5. The van der Waals surface area contributed by atoms with Crippen LogP contribution in [0.15, 0.2) is 72.6 Å². The molecule has 3 aromatic rings. The van der Waals surface area contributed by atoms with Gasteiger partial charge in [-0.05, 0) is 60.7 Å². The van der Waals surface area contributed by atoms with E-state index in [1.165, 1.54) is 4.90 Å². The number of nitrogens with zero attached hydrogens (tertiary/aromatic N) is 2. The standard InChI is InChI=1S/C27H26N2O3/c1-4-19-7-9-21(10-8-19)24-23(25(30)22-15-17(2)5-6-18(22)3)26(31)27(32)29(24)16-20-11-13-28-14-12-20/h5-15,24,30H,4,16H2,1-3H3/b25-23+. The fourth-order valence-electron chi connectivity index (χ4n) is 4.15. The summed E-state index contributed by atoms with van der Waals surface area (Å²) >= 11 is 0. The van der Waals surface area contributed by atoms with Crippen LogP contribution in [0.2, 0.25) is 0 Å². The molecule has 1 saturated heterocycles. The molecule has 4 rings (SSSR count). The van der Waals surface area contributed by atoms with Crippen LogP contribution in [-0.2, 0) is 22.6 Å². The zero-order chi connectivity index (χ0) is 22.8. The highest BCUT2D eigenvalue weighted by molar-refractivity contribution is 6.46. The van der Waals surface area contributed by atoms with Crippen LogP contribution in [0.4, 0.5) is 0 Å². The first-order chi connectivity index (χ1) is 15.4. The normalized spacial score (nSPS) is 17.7. The van der Waals surface area contributed by atoms with E-state index in [2.05, 4.69) is 11.9 Å². The fourth-order valence-corrected chi connectivity index (χ4v) is 4.15. The summed E-state index contributed by atoms with van der Waals surface area (Å²) in [4.78, 5) is 31.9. The quantitative estimate of drug-likeness (QED) is 0.359. The SMILES string of the molecule is CCc1ccc(C2/C(=C(\O)c3cc(C)ccc3C)C(=O)C(=O)N2Cc2ccncc2)cc1. The van der Waals surface area contributed by atoms with Crippen LogP contribution in [0.3, 0.4) is 0 Å². The van der Waals surface area contributed by atoms with E-state index < -0.39 is 17.7 Å². The van der Waals surface area contributed by atoms with Crippen molar-refractivity contribution >= 4 is 17.4 Å². The predicted octanol–water partition coefficient (Wildman–Crippen LogP) is 4.88. The Bertz CT molecular complexity index is 1200. The van der Waals surface area contributed by atoms with Gasteiger partial charge in [0, 0.05) is 24.5 Å². The van der Waals surface area contributed by atoms with Crippen LogP contribution < -0.4 is 0 Å². The van der Waals surface area contributed by atoms with Crippen molar-refractivity contribution in [3.63, 3.8) is 0 Å². The number of pyridine rings is 1. The van der Waals surface area contributed by atoms with Gasteiger partial charge in [0.1, 0.15) is 5.76 Å². The number of rotatable bonds is 5. The number of Topliss-reactive ketones (excluding diaryl/α,β-unsaturated/α-hetero) is 1. The molecular formula is C27H26N2O3. The average Bonchev–Trinajstić information content (AvgIpc) is 3.06. The summed E-state index contributed by atoms with van der Waals surface area (Å²) in [5.74, 6) is -1.41. The van der Waals surface area contributed by atoms with E-state index >= 15 is 0 Å². The van der Waals surface area contributed by atoms with Gasteiger partial charge < -0.3 is 10.0 Å². The first-order valence-corrected chi connectivity index (χ1v) is 10.7. The number of aromatic nitrogens is 1. The molecule has 5 heteroatoms. The molecule has 1 amide bonds. The second-order valence-corrected chi connectivity index (χ2v) is 8.20. The number of ketones is 1. The maximum absolute atomic E-state index is 13.2. The lowest BCUT2D eigenvalue weighted by Gasteiger charge is -2.25. The Hall–Kier alpha value is -3.73. The summed E-state index contributed by atoms with van der Waals surface area (Å²) in [5.41, 5.74) is 5.32. The highest BCUT2D eigenvalue weighted by Gasteiger charge is 2.46. The van der Waals surface area contributed by atoms with Crippen molar-refractivity contribution in [2.45, 2.75) is 39.8 Å². The van der Waals surface area contributed by atoms with Crippen molar-refractivity contribution in [3.05, 3.63) is 106 Å². The number of aliphatic hydroxyl groups is 1. The molecule has 162 valence electrons. The van der Waals surface area contributed by atoms with E-state index in [1.807, 2.05) is 68.4 Å². The molecule has 1 fully saturated rings. The van der Waals surface area contributed by atoms with Gasteiger partial charge in [0.25, 0.3) is 11.7 Å². The fraction of sp³-hybridized carbons (Fsp3) is 0.222. The van der Waals surface area contributed by atoms with Gasteiger partial charge in [-0.1, -0.05) is 48.9 Å². The van der Waals surface area contributed by atoms with E-state index in [-0.39, 0.29) is 17.9 Å². The van der Waals surface area contributed by atoms with Gasteiger partial charge in [-0.2, -0.15) is 0 Å². The summed E-state index contributed by atoms with van der Waals surface area (Å²) in [6.07, 6.45) is 4.21. The third kappa shape index (κ3) is 3.94. The second kappa shape index (κ2) is 8.79. The Morgan fingerprint density at radius 1 is 0.969 bits per heavy atom. The highest BCUT2D eigenvalue weighted by Crippen LogP contribution is 2.40. The number of hydrogen-bond acceptors (Lipinski definition) is 4. The first-order valence-electron chi connectivity index (χ1n) is 10.7. The minimum atomic E-state index is -0.672. The topological polar surface area (TPSA) is 70.5 Å². The van der Waals surface area contributed by atoms with E-state index in [4.69, 9.17) is 0 Å². The Balaban J connectivity index is 1.89. The zero-order valence-corrected chi connectivity index (χ0v) is 18.5. The van der Waals surface area contributed by atoms with E-state index in [1.54, 1.807) is 12.4 Å². The van der Waals surface area contributed by atoms with Gasteiger partial charge in [-0.25, -0.2) is 0 Å². The average molecular weight is 427 g/mol. The number of hydrogen-bond donors (Lipinski definition) is 1. The largest absolute Gasteiger partial charge is 0.507 e. The monoisotopic (exact) mass is 426 g/mol. The number of aryl methyl sites for hydroxylation is 3. The maximum Gasteiger partial charge on any atom is 0.295 e. The summed E-state index contributed by atoms with van der Waals surface area (Å²) in [6, 6.07) is 16.5. The number of amides is 1. The number of carbonyl (C=O) groups excluding carboxylic acids is 2. The van der Waals surface area contributed by atoms with Gasteiger partial charge >= 0.3 is 0 Å². The van der Waals surface area contributed by atoms with Crippen molar-refractivity contribution in [1.29, 1.82) is 0 Å². The van der Waals surface area contributed by atoms with Crippen LogP contribution in [0.25, 0.3) is 5.76 Å². The van der Waals surface area contributed by atoms with E-state index in [0.29, 0.717) is 5.56 Å². The third-order valence-electron chi connectivity index (χ3n) is 5.99. The molecule has 2 aromatic carbocycles. The van der Waals surface area contributed by atoms with Crippen molar-refractivity contribution in [3.8, 4) is 0 Å². The zero-order valence-electron chi connectivity index (χ0n) is 18.5. The summed E-state index contributed by atoms with van der Waals surface area (Å²) < 4.78 is 0. The second-order valence-electron chi connectivity index (χ2n) is 8.20. The van der Waals surface area contributed by atoms with Gasteiger partial charge in [0.05, 0.1) is 11.6 Å². The molecule has 1 atom stereocenters. The highest BCUT2D eigenvalue weighted by atomic mass is 16.3. The van der Waals surface area contributed by atoms with E-state index in [9.17, 15) is 14.7 Å².